The number of amides is 1. The first-order valence-electron chi connectivity index (χ1n) is 8.88. The largest absolute Gasteiger partial charge is 0.484 e. The van der Waals surface area contributed by atoms with Gasteiger partial charge in [-0.25, -0.2) is 4.98 Å². The first kappa shape index (κ1) is 21.5. The monoisotopic (exact) mass is 447 g/mol. The van der Waals surface area contributed by atoms with E-state index in [4.69, 9.17) is 27.9 Å². The molecule has 1 fully saturated rings. The number of hydrogen-bond donors (Lipinski definition) is 0. The predicted molar refractivity (Wildman–Crippen MR) is 105 cm³/mol. The Labute approximate surface area is 176 Å². The van der Waals surface area contributed by atoms with E-state index in [0.29, 0.717) is 54.2 Å². The van der Waals surface area contributed by atoms with Crippen LogP contribution in [-0.2, 0) is 11.0 Å². The van der Waals surface area contributed by atoms with Crippen molar-refractivity contribution < 1.29 is 22.7 Å². The molecule has 1 amide bonds. The Balaban J connectivity index is 1.54. The highest BCUT2D eigenvalue weighted by Crippen LogP contribution is 2.29. The smallest absolute Gasteiger partial charge is 0.417 e. The van der Waals surface area contributed by atoms with Gasteiger partial charge in [0.05, 0.1) is 15.6 Å². The molecule has 156 valence electrons. The maximum absolute atomic E-state index is 12.7. The molecule has 3 rings (SSSR count). The molecule has 1 aliphatic rings. The number of rotatable bonds is 4. The van der Waals surface area contributed by atoms with E-state index >= 15 is 0 Å². The van der Waals surface area contributed by atoms with E-state index in [2.05, 4.69) is 4.98 Å². The van der Waals surface area contributed by atoms with Gasteiger partial charge in [-0.15, -0.1) is 0 Å². The Bertz CT molecular complexity index is 863. The average molecular weight is 448 g/mol. The summed E-state index contributed by atoms with van der Waals surface area (Å²) in [5.74, 6) is 0.718. The molecule has 0 N–H and O–H groups in total. The molecule has 0 atom stereocenters. The van der Waals surface area contributed by atoms with Gasteiger partial charge in [0.2, 0.25) is 0 Å². The highest BCUT2D eigenvalue weighted by Gasteiger charge is 2.31. The quantitative estimate of drug-likeness (QED) is 0.690. The highest BCUT2D eigenvalue weighted by molar-refractivity contribution is 6.42. The van der Waals surface area contributed by atoms with Crippen LogP contribution in [0.5, 0.6) is 5.75 Å². The summed E-state index contributed by atoms with van der Waals surface area (Å²) in [4.78, 5) is 19.9. The standard InChI is InChI=1S/C19H18Cl2F3N3O2/c20-15-4-3-14(10-16(15)21)29-12-18(28)27-7-1-6-26(8-9-27)17-5-2-13(11-25-17)19(22,23)24/h2-5,10-11H,1,6-9,12H2. The van der Waals surface area contributed by atoms with Crippen LogP contribution in [0, 0.1) is 0 Å². The second-order valence-corrected chi connectivity index (χ2v) is 7.30. The van der Waals surface area contributed by atoms with Gasteiger partial charge in [-0.3, -0.25) is 4.79 Å². The number of benzene rings is 1. The van der Waals surface area contributed by atoms with Crippen molar-refractivity contribution >= 4 is 34.9 Å². The number of hydrogen-bond acceptors (Lipinski definition) is 4. The van der Waals surface area contributed by atoms with Crippen molar-refractivity contribution in [2.45, 2.75) is 12.6 Å². The third-order valence-electron chi connectivity index (χ3n) is 4.50. The fourth-order valence-electron chi connectivity index (χ4n) is 2.94. The van der Waals surface area contributed by atoms with Crippen LogP contribution in [0.25, 0.3) is 0 Å². The summed E-state index contributed by atoms with van der Waals surface area (Å²) >= 11 is 11.8. The minimum absolute atomic E-state index is 0.142. The molecule has 0 spiro atoms. The van der Waals surface area contributed by atoms with Crippen molar-refractivity contribution in [3.8, 4) is 5.75 Å². The summed E-state index contributed by atoms with van der Waals surface area (Å²) in [6.07, 6.45) is -2.92. The van der Waals surface area contributed by atoms with Gasteiger partial charge < -0.3 is 14.5 Å². The second kappa shape index (κ2) is 9.09. The Morgan fingerprint density at radius 2 is 1.86 bits per heavy atom. The number of pyridine rings is 1. The summed E-state index contributed by atoms with van der Waals surface area (Å²) < 4.78 is 43.5. The van der Waals surface area contributed by atoms with Crippen LogP contribution in [0.2, 0.25) is 10.0 Å². The molecule has 0 unspecified atom stereocenters. The van der Waals surface area contributed by atoms with Crippen LogP contribution < -0.4 is 9.64 Å². The fourth-order valence-corrected chi connectivity index (χ4v) is 3.23. The minimum atomic E-state index is -4.41. The third-order valence-corrected chi connectivity index (χ3v) is 5.24. The van der Waals surface area contributed by atoms with E-state index in [1.165, 1.54) is 12.1 Å². The van der Waals surface area contributed by atoms with Crippen molar-refractivity contribution in [2.75, 3.05) is 37.7 Å². The van der Waals surface area contributed by atoms with Gasteiger partial charge in [-0.1, -0.05) is 23.2 Å². The molecule has 2 aromatic rings. The Kier molecular flexibility index (Phi) is 6.74. The summed E-state index contributed by atoms with van der Waals surface area (Å²) in [7, 11) is 0. The molecule has 1 aromatic heterocycles. The molecular weight excluding hydrogens is 430 g/mol. The van der Waals surface area contributed by atoms with Crippen molar-refractivity contribution in [1.82, 2.24) is 9.88 Å². The van der Waals surface area contributed by atoms with E-state index in [-0.39, 0.29) is 12.5 Å². The van der Waals surface area contributed by atoms with Crippen molar-refractivity contribution in [1.29, 1.82) is 0 Å². The first-order chi connectivity index (χ1) is 13.7. The molecule has 1 aromatic carbocycles. The number of ether oxygens (including phenoxy) is 1. The lowest BCUT2D eigenvalue weighted by atomic mass is 10.2. The van der Waals surface area contributed by atoms with Crippen LogP contribution >= 0.6 is 23.2 Å². The van der Waals surface area contributed by atoms with Crippen molar-refractivity contribution in [3.05, 3.63) is 52.1 Å². The van der Waals surface area contributed by atoms with Gasteiger partial charge in [0.25, 0.3) is 5.91 Å². The minimum Gasteiger partial charge on any atom is -0.484 e. The van der Waals surface area contributed by atoms with Crippen molar-refractivity contribution in [3.63, 3.8) is 0 Å². The normalized spacial score (nSPS) is 15.2. The van der Waals surface area contributed by atoms with Crippen LogP contribution in [0.4, 0.5) is 19.0 Å². The number of alkyl halides is 3. The summed E-state index contributed by atoms with van der Waals surface area (Å²) in [6, 6.07) is 7.12. The highest BCUT2D eigenvalue weighted by atomic mass is 35.5. The zero-order chi connectivity index (χ0) is 21.0. The van der Waals surface area contributed by atoms with Crippen LogP contribution in [0.3, 0.4) is 0 Å². The Morgan fingerprint density at radius 1 is 1.07 bits per heavy atom. The molecular formula is C19H18Cl2F3N3O2. The summed E-state index contributed by atoms with van der Waals surface area (Å²) in [5.41, 5.74) is -0.785. The average Bonchev–Trinajstić information content (AvgIpc) is 2.94. The number of nitrogens with zero attached hydrogens (tertiary/aromatic N) is 3. The van der Waals surface area contributed by atoms with Gasteiger partial charge in [-0.2, -0.15) is 13.2 Å². The third kappa shape index (κ3) is 5.67. The lowest BCUT2D eigenvalue weighted by Crippen LogP contribution is -2.38. The van der Waals surface area contributed by atoms with Gasteiger partial charge in [0, 0.05) is 38.4 Å². The number of halogens is 5. The first-order valence-corrected chi connectivity index (χ1v) is 9.63. The maximum atomic E-state index is 12.7. The molecule has 0 aliphatic carbocycles. The predicted octanol–water partition coefficient (Wildman–Crippen LogP) is 4.52. The van der Waals surface area contributed by atoms with Gasteiger partial charge >= 0.3 is 6.18 Å². The van der Waals surface area contributed by atoms with Crippen molar-refractivity contribution in [2.24, 2.45) is 0 Å². The van der Waals surface area contributed by atoms with Crippen LogP contribution in [0.1, 0.15) is 12.0 Å². The van der Waals surface area contributed by atoms with Crippen LogP contribution in [0.15, 0.2) is 36.5 Å². The molecule has 5 nitrogen and oxygen atoms in total. The number of carbonyl (C=O) groups is 1. The van der Waals surface area contributed by atoms with Gasteiger partial charge in [0.1, 0.15) is 11.6 Å². The van der Waals surface area contributed by atoms with Crippen LogP contribution in [-0.4, -0.2) is 48.6 Å². The molecule has 1 saturated heterocycles. The molecule has 10 heteroatoms. The van der Waals surface area contributed by atoms with E-state index in [9.17, 15) is 18.0 Å². The SMILES string of the molecule is O=C(COc1ccc(Cl)c(Cl)c1)N1CCCN(c2ccc(C(F)(F)F)cn2)CC1. The maximum Gasteiger partial charge on any atom is 0.417 e. The molecule has 0 saturated carbocycles. The van der Waals surface area contributed by atoms with E-state index in [1.54, 1.807) is 17.0 Å². The molecule has 0 bridgehead atoms. The fraction of sp³-hybridized carbons (Fsp3) is 0.368. The topological polar surface area (TPSA) is 45.7 Å². The number of carbonyl (C=O) groups excluding carboxylic acids is 1. The summed E-state index contributed by atoms with van der Waals surface area (Å²) in [5, 5.41) is 0.737. The lowest BCUT2D eigenvalue weighted by Gasteiger charge is -2.23. The number of anilines is 1. The van der Waals surface area contributed by atoms with Gasteiger partial charge in [0.15, 0.2) is 6.61 Å². The number of aromatic nitrogens is 1. The summed E-state index contributed by atoms with van der Waals surface area (Å²) in [6.45, 7) is 1.87. The molecule has 29 heavy (non-hydrogen) atoms. The zero-order valence-electron chi connectivity index (χ0n) is 15.3. The Hall–Kier alpha value is -2.19. The van der Waals surface area contributed by atoms with E-state index in [0.717, 1.165) is 12.3 Å². The van der Waals surface area contributed by atoms with Gasteiger partial charge in [-0.05, 0) is 30.7 Å². The van der Waals surface area contributed by atoms with E-state index < -0.39 is 11.7 Å². The lowest BCUT2D eigenvalue weighted by molar-refractivity contribution is -0.137. The molecule has 0 radical (unpaired) electrons. The zero-order valence-corrected chi connectivity index (χ0v) is 16.8. The molecule has 2 heterocycles. The van der Waals surface area contributed by atoms with E-state index in [1.807, 2.05) is 4.90 Å². The molecule has 1 aliphatic heterocycles. The Morgan fingerprint density at radius 3 is 2.52 bits per heavy atom. The second-order valence-electron chi connectivity index (χ2n) is 6.49.